The van der Waals surface area contributed by atoms with Gasteiger partial charge < -0.3 is 25.6 Å². The molecule has 5 N–H and O–H groups in total. The van der Waals surface area contributed by atoms with E-state index >= 15 is 0 Å². The fourth-order valence-electron chi connectivity index (χ4n) is 6.52. The SMILES string of the molecule is C[N+]1=C(/C=C/C=C/C=C2/N(CCCCCC(=O)NC[C@@H](N)C(=O)O)c3ccc(S(=O)(=O)O)cc3C2(C)C)C(C)(C)c2cc(S(=O)(=O)[O-])ccc21. The highest BCUT2D eigenvalue weighted by Gasteiger charge is 2.43. The number of allylic oxidation sites excluding steroid dienone is 6. The number of anilines is 1. The predicted molar refractivity (Wildman–Crippen MR) is 188 cm³/mol. The first-order valence-corrected chi connectivity index (χ1v) is 18.9. The Balaban J connectivity index is 1.52. The lowest BCUT2D eigenvalue weighted by Crippen LogP contribution is -2.42. The van der Waals surface area contributed by atoms with Crippen molar-refractivity contribution < 1.29 is 45.2 Å². The minimum Gasteiger partial charge on any atom is -0.744 e. The maximum Gasteiger partial charge on any atom is 0.322 e. The Morgan fingerprint density at radius 2 is 1.62 bits per heavy atom. The summed E-state index contributed by atoms with van der Waals surface area (Å²) in [5, 5.41) is 11.4. The fraction of sp³-hybridized carbons (Fsp3) is 0.400. The number of benzene rings is 2. The summed E-state index contributed by atoms with van der Waals surface area (Å²) >= 11 is 0. The number of nitrogens with zero attached hydrogens (tertiary/aromatic N) is 2. The van der Waals surface area contributed by atoms with E-state index in [-0.39, 0.29) is 28.7 Å². The van der Waals surface area contributed by atoms with Crippen molar-refractivity contribution in [2.24, 2.45) is 5.73 Å². The van der Waals surface area contributed by atoms with Gasteiger partial charge in [-0.2, -0.15) is 13.0 Å². The van der Waals surface area contributed by atoms with Crippen molar-refractivity contribution in [2.45, 2.75) is 80.0 Å². The molecule has 0 aliphatic carbocycles. The monoisotopic (exact) mass is 728 g/mol. The van der Waals surface area contributed by atoms with Gasteiger partial charge in [0.25, 0.3) is 10.1 Å². The summed E-state index contributed by atoms with van der Waals surface area (Å²) in [5.74, 6) is -1.47. The molecule has 2 aromatic rings. The third-order valence-electron chi connectivity index (χ3n) is 9.31. The summed E-state index contributed by atoms with van der Waals surface area (Å²) in [6.07, 6.45) is 11.7. The molecule has 0 fully saturated rings. The summed E-state index contributed by atoms with van der Waals surface area (Å²) in [4.78, 5) is 24.6. The first-order chi connectivity index (χ1) is 23.2. The van der Waals surface area contributed by atoms with Crippen molar-refractivity contribution >= 4 is 49.2 Å². The second-order valence-electron chi connectivity index (χ2n) is 13.5. The predicted octanol–water partition coefficient (Wildman–Crippen LogP) is 3.73. The molecule has 0 saturated carbocycles. The first kappa shape index (κ1) is 38.6. The highest BCUT2D eigenvalue weighted by atomic mass is 32.2. The molecule has 270 valence electrons. The third kappa shape index (κ3) is 8.24. The molecule has 13 nitrogen and oxygen atoms in total. The topological polar surface area (TPSA) is 210 Å². The molecule has 15 heteroatoms. The molecule has 4 rings (SSSR count). The van der Waals surface area contributed by atoms with Gasteiger partial charge in [0.15, 0.2) is 5.71 Å². The number of hydrogen-bond acceptors (Lipinski definition) is 9. The normalized spacial score (nSPS) is 18.2. The number of carboxylic acid groups (broad SMARTS) is 1. The van der Waals surface area contributed by atoms with Crippen LogP contribution in [0.25, 0.3) is 0 Å². The van der Waals surface area contributed by atoms with Crippen LogP contribution in [0.4, 0.5) is 11.4 Å². The number of carbonyl (C=O) groups is 2. The van der Waals surface area contributed by atoms with E-state index in [1.54, 1.807) is 12.1 Å². The van der Waals surface area contributed by atoms with Crippen molar-refractivity contribution in [3.8, 4) is 0 Å². The Labute approximate surface area is 293 Å². The van der Waals surface area contributed by atoms with Crippen molar-refractivity contribution in [3.05, 3.63) is 83.6 Å². The summed E-state index contributed by atoms with van der Waals surface area (Å²) < 4.78 is 70.6. The van der Waals surface area contributed by atoms with Crippen LogP contribution in [0.2, 0.25) is 0 Å². The van der Waals surface area contributed by atoms with Crippen LogP contribution in [0.5, 0.6) is 0 Å². The van der Waals surface area contributed by atoms with E-state index in [0.717, 1.165) is 33.9 Å². The van der Waals surface area contributed by atoms with Crippen LogP contribution in [0.3, 0.4) is 0 Å². The number of aliphatic carboxylic acids is 1. The summed E-state index contributed by atoms with van der Waals surface area (Å²) in [5.41, 5.74) is 9.11. The molecule has 1 amide bonds. The Kier molecular flexibility index (Phi) is 11.3. The second kappa shape index (κ2) is 14.6. The zero-order chi connectivity index (χ0) is 37.2. The quantitative estimate of drug-likeness (QED) is 0.0953. The molecule has 0 spiro atoms. The molecular weight excluding hydrogens is 685 g/mol. The van der Waals surface area contributed by atoms with Crippen molar-refractivity contribution in [3.63, 3.8) is 0 Å². The molecule has 2 aliphatic rings. The molecule has 0 radical (unpaired) electrons. The van der Waals surface area contributed by atoms with E-state index < -0.39 is 43.1 Å². The fourth-order valence-corrected chi connectivity index (χ4v) is 7.52. The minimum absolute atomic E-state index is 0.145. The van der Waals surface area contributed by atoms with Gasteiger partial charge in [-0.3, -0.25) is 14.1 Å². The van der Waals surface area contributed by atoms with Gasteiger partial charge in [0.05, 0.1) is 15.2 Å². The van der Waals surface area contributed by atoms with E-state index in [9.17, 15) is 35.5 Å². The molecule has 50 heavy (non-hydrogen) atoms. The summed E-state index contributed by atoms with van der Waals surface area (Å²) in [6, 6.07) is 7.76. The van der Waals surface area contributed by atoms with Crippen LogP contribution in [-0.2, 0) is 40.7 Å². The smallest absolute Gasteiger partial charge is 0.322 e. The summed E-state index contributed by atoms with van der Waals surface area (Å²) in [7, 11) is -7.15. The lowest BCUT2D eigenvalue weighted by atomic mass is 9.81. The molecule has 0 aromatic heterocycles. The Morgan fingerprint density at radius 1 is 0.960 bits per heavy atom. The average molecular weight is 729 g/mol. The number of carbonyl (C=O) groups excluding carboxylic acids is 1. The molecule has 2 aromatic carbocycles. The second-order valence-corrected chi connectivity index (χ2v) is 16.3. The lowest BCUT2D eigenvalue weighted by molar-refractivity contribution is -0.401. The number of fused-ring (bicyclic) bond motifs is 2. The molecule has 2 aliphatic heterocycles. The number of rotatable bonds is 14. The van der Waals surface area contributed by atoms with Crippen LogP contribution in [0.1, 0.15) is 64.5 Å². The molecule has 0 saturated heterocycles. The number of carboxylic acids is 1. The van der Waals surface area contributed by atoms with Gasteiger partial charge in [-0.25, -0.2) is 8.42 Å². The largest absolute Gasteiger partial charge is 0.744 e. The van der Waals surface area contributed by atoms with E-state index in [1.807, 2.05) is 69.7 Å². The molecule has 0 bridgehead atoms. The molecular formula is C35H44N4O9S2. The number of amides is 1. The highest BCUT2D eigenvalue weighted by molar-refractivity contribution is 7.86. The van der Waals surface area contributed by atoms with E-state index in [2.05, 4.69) is 10.2 Å². The van der Waals surface area contributed by atoms with Crippen molar-refractivity contribution in [2.75, 3.05) is 25.0 Å². The number of nitrogens with one attached hydrogen (secondary N) is 1. The van der Waals surface area contributed by atoms with Gasteiger partial charge in [-0.05, 0) is 68.7 Å². The van der Waals surface area contributed by atoms with Crippen LogP contribution < -0.4 is 16.0 Å². The standard InChI is InChI=1S/C35H44N4O9S2/c1-34(2)25-20-23(49(43,44)45)15-17-28(25)38(5)30(34)12-8-6-9-13-31-35(3,4)26-21-24(50(46,47)48)16-18-29(26)39(31)19-11-7-10-14-32(40)37-22-27(36)33(41)42/h6,8-9,12-13,15-18,20-21,27H,7,10-11,14,19,22,36H2,1-5H3,(H3-,37,40,41,42,43,44,45,46,47,48)/t27-/m1/s1. The van der Waals surface area contributed by atoms with Gasteiger partial charge >= 0.3 is 5.97 Å². The van der Waals surface area contributed by atoms with Gasteiger partial charge in [-0.1, -0.05) is 38.5 Å². The van der Waals surface area contributed by atoms with Gasteiger partial charge in [0, 0.05) is 54.0 Å². The number of hydrogen-bond donors (Lipinski definition) is 4. The van der Waals surface area contributed by atoms with Crippen LogP contribution in [0, 0.1) is 0 Å². The minimum atomic E-state index is -4.60. The number of unbranched alkanes of at least 4 members (excludes halogenated alkanes) is 2. The van der Waals surface area contributed by atoms with Crippen LogP contribution in [0.15, 0.2) is 82.3 Å². The molecule has 2 heterocycles. The third-order valence-corrected chi connectivity index (χ3v) is 11.0. The lowest BCUT2D eigenvalue weighted by Gasteiger charge is -2.27. The Morgan fingerprint density at radius 3 is 2.26 bits per heavy atom. The van der Waals surface area contributed by atoms with Crippen molar-refractivity contribution in [1.29, 1.82) is 0 Å². The van der Waals surface area contributed by atoms with Gasteiger partial charge in [0.2, 0.25) is 11.6 Å². The van der Waals surface area contributed by atoms with Crippen molar-refractivity contribution in [1.82, 2.24) is 5.32 Å². The highest BCUT2D eigenvalue weighted by Crippen LogP contribution is 2.48. The van der Waals surface area contributed by atoms with Gasteiger partial charge in [-0.15, -0.1) is 0 Å². The average Bonchev–Trinajstić information content (AvgIpc) is 3.35. The van der Waals surface area contributed by atoms with Gasteiger partial charge in [0.1, 0.15) is 23.2 Å². The zero-order valence-electron chi connectivity index (χ0n) is 28.7. The maximum absolute atomic E-state index is 12.1. The molecule has 0 unspecified atom stereocenters. The number of nitrogens with two attached hydrogens (primary N) is 1. The first-order valence-electron chi connectivity index (χ1n) is 16.1. The van der Waals surface area contributed by atoms with E-state index in [0.29, 0.717) is 25.8 Å². The Bertz CT molecular complexity index is 2030. The van der Waals surface area contributed by atoms with E-state index in [4.69, 9.17) is 10.8 Å². The maximum atomic E-state index is 12.1. The Hall–Kier alpha value is -4.15. The van der Waals surface area contributed by atoms with Crippen LogP contribution >= 0.6 is 0 Å². The summed E-state index contributed by atoms with van der Waals surface area (Å²) in [6.45, 7) is 8.29. The van der Waals surface area contributed by atoms with Crippen LogP contribution in [-0.4, -0.2) is 79.4 Å². The van der Waals surface area contributed by atoms with E-state index in [1.165, 1.54) is 24.3 Å². The zero-order valence-corrected chi connectivity index (χ0v) is 30.3. The molecule has 1 atom stereocenters.